The quantitative estimate of drug-likeness (QED) is 0.747. The highest BCUT2D eigenvalue weighted by Crippen LogP contribution is 2.12. The lowest BCUT2D eigenvalue weighted by Crippen LogP contribution is -2.32. The number of aryl methyl sites for hydroxylation is 1. The monoisotopic (exact) mass is 209 g/mol. The highest BCUT2D eigenvalue weighted by atomic mass is 16.3. The molecule has 84 valence electrons. The number of carbonyl (C=O) groups is 1. The molecule has 0 saturated carbocycles. The number of furan rings is 1. The Morgan fingerprint density at radius 2 is 1.93 bits per heavy atom. The summed E-state index contributed by atoms with van der Waals surface area (Å²) in [7, 11) is 0. The number of hydrogen-bond donors (Lipinski definition) is 0. The molecule has 1 rings (SSSR count). The number of carbonyl (C=O) groups excluding carboxylic acids is 1. The molecule has 0 unspecified atom stereocenters. The van der Waals surface area contributed by atoms with Gasteiger partial charge in [0.2, 0.25) is 0 Å². The van der Waals surface area contributed by atoms with Gasteiger partial charge in [-0.05, 0) is 25.8 Å². The second kappa shape index (κ2) is 5.59. The lowest BCUT2D eigenvalue weighted by atomic mass is 10.2. The van der Waals surface area contributed by atoms with Gasteiger partial charge in [0.25, 0.3) is 5.91 Å². The summed E-state index contributed by atoms with van der Waals surface area (Å²) in [6.07, 6.45) is 3.52. The van der Waals surface area contributed by atoms with Gasteiger partial charge in [-0.2, -0.15) is 0 Å². The molecule has 0 fully saturated rings. The summed E-state index contributed by atoms with van der Waals surface area (Å²) < 4.78 is 5.21. The van der Waals surface area contributed by atoms with E-state index in [2.05, 4.69) is 13.8 Å². The summed E-state index contributed by atoms with van der Waals surface area (Å²) in [5, 5.41) is 0. The van der Waals surface area contributed by atoms with Gasteiger partial charge in [-0.3, -0.25) is 4.79 Å². The Morgan fingerprint density at radius 3 is 2.33 bits per heavy atom. The molecule has 0 radical (unpaired) electrons. The molecular formula is C12H19NO2. The van der Waals surface area contributed by atoms with Crippen LogP contribution >= 0.6 is 0 Å². The maximum absolute atomic E-state index is 12.0. The summed E-state index contributed by atoms with van der Waals surface area (Å²) in [5.41, 5.74) is 0.914. The van der Waals surface area contributed by atoms with E-state index in [0.717, 1.165) is 31.5 Å². The van der Waals surface area contributed by atoms with E-state index in [1.54, 1.807) is 6.26 Å². The van der Waals surface area contributed by atoms with Crippen LogP contribution in [-0.4, -0.2) is 23.9 Å². The van der Waals surface area contributed by atoms with E-state index < -0.39 is 0 Å². The van der Waals surface area contributed by atoms with Crippen LogP contribution in [0, 0.1) is 6.92 Å². The van der Waals surface area contributed by atoms with Gasteiger partial charge < -0.3 is 9.32 Å². The van der Waals surface area contributed by atoms with Crippen LogP contribution in [0.2, 0.25) is 0 Å². The number of nitrogens with zero attached hydrogens (tertiary/aromatic N) is 1. The lowest BCUT2D eigenvalue weighted by molar-refractivity contribution is 0.0722. The molecule has 0 bridgehead atoms. The summed E-state index contributed by atoms with van der Waals surface area (Å²) >= 11 is 0. The average Bonchev–Trinajstić information content (AvgIpc) is 2.63. The van der Waals surface area contributed by atoms with Crippen LogP contribution in [0.4, 0.5) is 0 Å². The summed E-state index contributed by atoms with van der Waals surface area (Å²) in [6, 6.07) is 1.82. The van der Waals surface area contributed by atoms with Crippen molar-refractivity contribution in [2.75, 3.05) is 13.1 Å². The van der Waals surface area contributed by atoms with Crippen molar-refractivity contribution in [3.05, 3.63) is 23.7 Å². The first-order valence-corrected chi connectivity index (χ1v) is 5.54. The van der Waals surface area contributed by atoms with Crippen LogP contribution < -0.4 is 0 Å². The first-order chi connectivity index (χ1) is 7.20. The van der Waals surface area contributed by atoms with E-state index in [-0.39, 0.29) is 5.91 Å². The van der Waals surface area contributed by atoms with Crippen LogP contribution in [-0.2, 0) is 0 Å². The number of hydrogen-bond acceptors (Lipinski definition) is 2. The Balaban J connectivity index is 2.76. The molecule has 1 amide bonds. The molecule has 0 aliphatic heterocycles. The van der Waals surface area contributed by atoms with Crippen molar-refractivity contribution in [1.29, 1.82) is 0 Å². The number of amides is 1. The highest BCUT2D eigenvalue weighted by molar-refractivity contribution is 5.92. The Hall–Kier alpha value is -1.25. The first-order valence-electron chi connectivity index (χ1n) is 5.54. The van der Waals surface area contributed by atoms with Gasteiger partial charge in [0.15, 0.2) is 5.76 Å². The maximum atomic E-state index is 12.0. The van der Waals surface area contributed by atoms with E-state index in [1.807, 2.05) is 17.9 Å². The van der Waals surface area contributed by atoms with Crippen molar-refractivity contribution in [2.24, 2.45) is 0 Å². The van der Waals surface area contributed by atoms with E-state index in [4.69, 9.17) is 4.42 Å². The van der Waals surface area contributed by atoms with E-state index in [9.17, 15) is 4.79 Å². The highest BCUT2D eigenvalue weighted by Gasteiger charge is 2.18. The summed E-state index contributed by atoms with van der Waals surface area (Å²) in [4.78, 5) is 13.9. The summed E-state index contributed by atoms with van der Waals surface area (Å²) in [6.45, 7) is 7.64. The van der Waals surface area contributed by atoms with Gasteiger partial charge in [-0.15, -0.1) is 0 Å². The molecule has 1 aromatic rings. The second-order valence-corrected chi connectivity index (χ2v) is 3.72. The Morgan fingerprint density at radius 1 is 1.33 bits per heavy atom. The third kappa shape index (κ3) is 2.85. The molecule has 0 atom stereocenters. The minimum absolute atomic E-state index is 0.0150. The molecule has 3 nitrogen and oxygen atoms in total. The fraction of sp³-hybridized carbons (Fsp3) is 0.583. The van der Waals surface area contributed by atoms with Gasteiger partial charge in [-0.1, -0.05) is 13.8 Å². The molecule has 0 spiro atoms. The zero-order chi connectivity index (χ0) is 11.3. The van der Waals surface area contributed by atoms with Crippen LogP contribution in [0.1, 0.15) is 42.8 Å². The molecule has 15 heavy (non-hydrogen) atoms. The zero-order valence-electron chi connectivity index (χ0n) is 9.75. The molecule has 3 heteroatoms. The predicted octanol–water partition coefficient (Wildman–Crippen LogP) is 2.85. The smallest absolute Gasteiger partial charge is 0.289 e. The van der Waals surface area contributed by atoms with Crippen LogP contribution in [0.5, 0.6) is 0 Å². The van der Waals surface area contributed by atoms with Crippen molar-refractivity contribution in [2.45, 2.75) is 33.6 Å². The van der Waals surface area contributed by atoms with Crippen molar-refractivity contribution < 1.29 is 9.21 Å². The normalized spacial score (nSPS) is 10.3. The third-order valence-electron chi connectivity index (χ3n) is 2.33. The second-order valence-electron chi connectivity index (χ2n) is 3.72. The minimum Gasteiger partial charge on any atom is -0.459 e. The molecular weight excluding hydrogens is 190 g/mol. The molecule has 1 heterocycles. The standard InChI is InChI=1S/C12H19NO2/c1-4-7-13(8-5-2)12(14)11-10(3)6-9-15-11/h6,9H,4-5,7-8H2,1-3H3. The molecule has 0 aliphatic rings. The molecule has 0 saturated heterocycles. The molecule has 0 aliphatic carbocycles. The SMILES string of the molecule is CCCN(CCC)C(=O)c1occc1C. The number of rotatable bonds is 5. The Bertz CT molecular complexity index is 311. The Kier molecular flexibility index (Phi) is 4.40. The van der Waals surface area contributed by atoms with Gasteiger partial charge in [0, 0.05) is 18.7 Å². The van der Waals surface area contributed by atoms with Crippen molar-refractivity contribution in [1.82, 2.24) is 4.90 Å². The van der Waals surface area contributed by atoms with Gasteiger partial charge in [0.05, 0.1) is 6.26 Å². The first kappa shape index (κ1) is 11.8. The largest absolute Gasteiger partial charge is 0.459 e. The van der Waals surface area contributed by atoms with Crippen molar-refractivity contribution in [3.63, 3.8) is 0 Å². The van der Waals surface area contributed by atoms with E-state index >= 15 is 0 Å². The Labute approximate surface area is 91.1 Å². The lowest BCUT2D eigenvalue weighted by Gasteiger charge is -2.20. The van der Waals surface area contributed by atoms with Gasteiger partial charge in [-0.25, -0.2) is 0 Å². The summed E-state index contributed by atoms with van der Waals surface area (Å²) in [5.74, 6) is 0.498. The zero-order valence-corrected chi connectivity index (χ0v) is 9.75. The topological polar surface area (TPSA) is 33.5 Å². The predicted molar refractivity (Wildman–Crippen MR) is 59.9 cm³/mol. The van der Waals surface area contributed by atoms with Gasteiger partial charge >= 0.3 is 0 Å². The molecule has 0 aromatic carbocycles. The maximum Gasteiger partial charge on any atom is 0.289 e. The van der Waals surface area contributed by atoms with Gasteiger partial charge in [0.1, 0.15) is 0 Å². The fourth-order valence-electron chi connectivity index (χ4n) is 1.59. The van der Waals surface area contributed by atoms with E-state index in [1.165, 1.54) is 0 Å². The van der Waals surface area contributed by atoms with Crippen molar-refractivity contribution >= 4 is 5.91 Å². The third-order valence-corrected chi connectivity index (χ3v) is 2.33. The molecule has 1 aromatic heterocycles. The van der Waals surface area contributed by atoms with Crippen molar-refractivity contribution in [3.8, 4) is 0 Å². The van der Waals surface area contributed by atoms with E-state index in [0.29, 0.717) is 5.76 Å². The fourth-order valence-corrected chi connectivity index (χ4v) is 1.59. The van der Waals surface area contributed by atoms with Crippen LogP contribution in [0.15, 0.2) is 16.7 Å². The molecule has 0 N–H and O–H groups in total. The minimum atomic E-state index is 0.0150. The van der Waals surface area contributed by atoms with Crippen LogP contribution in [0.3, 0.4) is 0 Å². The average molecular weight is 209 g/mol. The van der Waals surface area contributed by atoms with Crippen LogP contribution in [0.25, 0.3) is 0 Å².